The molecule has 1 aromatic rings. The molecule has 0 N–H and O–H groups in total. The van der Waals surface area contributed by atoms with E-state index in [0.717, 1.165) is 32.0 Å². The molecule has 2 rings (SSSR count). The Kier molecular flexibility index (Phi) is 9.74. The lowest BCUT2D eigenvalue weighted by Gasteiger charge is -2.40. The summed E-state index contributed by atoms with van der Waals surface area (Å²) in [4.78, 5) is 22.4. The number of methoxy groups -OCH3 is 1. The third-order valence-corrected chi connectivity index (χ3v) is 12.1. The Morgan fingerprint density at radius 2 is 1.84 bits per heavy atom. The van der Waals surface area contributed by atoms with Crippen LogP contribution < -0.4 is 0 Å². The molecular weight excluding hydrogens is 440 g/mol. The number of unbranched alkanes of at least 4 members (excludes halogenated alkanes) is 1. The van der Waals surface area contributed by atoms with E-state index in [1.165, 1.54) is 12.7 Å². The minimum atomic E-state index is -1.96. The van der Waals surface area contributed by atoms with Crippen molar-refractivity contribution in [2.24, 2.45) is 5.92 Å². The van der Waals surface area contributed by atoms with Gasteiger partial charge >= 0.3 is 5.97 Å². The summed E-state index contributed by atoms with van der Waals surface area (Å²) in [7, 11) is -0.542. The summed E-state index contributed by atoms with van der Waals surface area (Å²) >= 11 is 6.90. The van der Waals surface area contributed by atoms with Crippen molar-refractivity contribution in [2.75, 3.05) is 7.11 Å². The van der Waals surface area contributed by atoms with Crippen molar-refractivity contribution in [3.05, 3.63) is 47.5 Å². The van der Waals surface area contributed by atoms with Crippen LogP contribution in [0.3, 0.4) is 0 Å². The monoisotopic (exact) mass is 478 g/mol. The number of esters is 1. The van der Waals surface area contributed by atoms with Crippen molar-refractivity contribution in [1.82, 2.24) is 0 Å². The second-order valence-corrected chi connectivity index (χ2v) is 15.6. The van der Waals surface area contributed by atoms with Crippen molar-refractivity contribution < 1.29 is 18.8 Å². The molecule has 0 saturated heterocycles. The zero-order chi connectivity index (χ0) is 23.9. The first-order chi connectivity index (χ1) is 15.0. The van der Waals surface area contributed by atoms with Gasteiger partial charge in [-0.3, -0.25) is 9.59 Å². The molecule has 0 amide bonds. The van der Waals surface area contributed by atoms with Crippen molar-refractivity contribution in [3.8, 4) is 0 Å². The summed E-state index contributed by atoms with van der Waals surface area (Å²) in [6.45, 7) is 11.4. The SMILES string of the molecule is COC(=O)CCC/C=C\CC1[C@H](Cl)C[C@H](O[Si](C)(C)C(C)(C)C)[C@@H]1c1ccc(C=O)cc1. The summed E-state index contributed by atoms with van der Waals surface area (Å²) in [5.41, 5.74) is 1.87. The fourth-order valence-electron chi connectivity index (χ4n) is 4.11. The lowest BCUT2D eigenvalue weighted by molar-refractivity contribution is -0.140. The highest BCUT2D eigenvalue weighted by atomic mass is 35.5. The summed E-state index contributed by atoms with van der Waals surface area (Å²) < 4.78 is 11.6. The first kappa shape index (κ1) is 26.8. The van der Waals surface area contributed by atoms with Crippen molar-refractivity contribution >= 4 is 32.2 Å². The van der Waals surface area contributed by atoms with Gasteiger partial charge in [-0.05, 0) is 55.3 Å². The maximum Gasteiger partial charge on any atom is 0.305 e. The second-order valence-electron chi connectivity index (χ2n) is 10.3. The number of allylic oxidation sites excluding steroid dienone is 2. The predicted octanol–water partition coefficient (Wildman–Crippen LogP) is 6.89. The largest absolute Gasteiger partial charge is 0.469 e. The van der Waals surface area contributed by atoms with E-state index in [9.17, 15) is 9.59 Å². The van der Waals surface area contributed by atoms with Gasteiger partial charge in [0.2, 0.25) is 0 Å². The number of aldehydes is 1. The Bertz CT molecular complexity index is 782. The predicted molar refractivity (Wildman–Crippen MR) is 134 cm³/mol. The molecule has 4 nitrogen and oxygen atoms in total. The van der Waals surface area contributed by atoms with Crippen LogP contribution in [0, 0.1) is 5.92 Å². The molecule has 178 valence electrons. The number of rotatable bonds is 10. The van der Waals surface area contributed by atoms with Gasteiger partial charge in [0.05, 0.1) is 13.2 Å². The van der Waals surface area contributed by atoms with Crippen LogP contribution in [0.25, 0.3) is 0 Å². The third-order valence-electron chi connectivity index (χ3n) is 7.05. The van der Waals surface area contributed by atoms with E-state index in [-0.39, 0.29) is 34.3 Å². The minimum absolute atomic E-state index is 0.0280. The van der Waals surface area contributed by atoms with Gasteiger partial charge in [0.15, 0.2) is 8.32 Å². The molecule has 1 unspecified atom stereocenters. The van der Waals surface area contributed by atoms with Crippen molar-refractivity contribution in [1.29, 1.82) is 0 Å². The van der Waals surface area contributed by atoms with Crippen molar-refractivity contribution in [2.45, 2.75) is 88.4 Å². The molecule has 32 heavy (non-hydrogen) atoms. The van der Waals surface area contributed by atoms with E-state index >= 15 is 0 Å². The van der Waals surface area contributed by atoms with Crippen LogP contribution >= 0.6 is 11.6 Å². The first-order valence-corrected chi connectivity index (χ1v) is 14.9. The van der Waals surface area contributed by atoms with Crippen LogP contribution in [0.15, 0.2) is 36.4 Å². The number of benzene rings is 1. The normalized spacial score (nSPS) is 24.1. The van der Waals surface area contributed by atoms with Gasteiger partial charge in [0.25, 0.3) is 0 Å². The quantitative estimate of drug-likeness (QED) is 0.0916. The van der Waals surface area contributed by atoms with Gasteiger partial charge in [-0.25, -0.2) is 0 Å². The Morgan fingerprint density at radius 1 is 1.19 bits per heavy atom. The van der Waals surface area contributed by atoms with Gasteiger partial charge in [-0.2, -0.15) is 0 Å². The fourth-order valence-corrected chi connectivity index (χ4v) is 5.90. The Hall–Kier alpha value is -1.43. The molecule has 1 aliphatic rings. The van der Waals surface area contributed by atoms with Gasteiger partial charge < -0.3 is 9.16 Å². The zero-order valence-electron chi connectivity index (χ0n) is 20.4. The van der Waals surface area contributed by atoms with Crippen LogP contribution in [0.1, 0.15) is 74.7 Å². The third kappa shape index (κ3) is 7.03. The maximum absolute atomic E-state index is 11.3. The zero-order valence-corrected chi connectivity index (χ0v) is 22.2. The second kappa shape index (κ2) is 11.6. The standard InChI is InChI=1S/C26H39ClO4Si/c1-26(2,3)32(5,6)31-23-17-22(27)21(11-9-7-8-10-12-24(29)30-4)25(23)20-15-13-19(18-28)14-16-20/h7,9,13-16,18,21-23,25H,8,10-12,17H2,1-6H3/b9-7-/t21?,22-,23+,25-/m1/s1. The number of carbonyl (C=O) groups excluding carboxylic acids is 2. The van der Waals surface area contributed by atoms with Crippen LogP contribution in [0.2, 0.25) is 18.1 Å². The van der Waals surface area contributed by atoms with Gasteiger partial charge in [0.1, 0.15) is 6.29 Å². The molecule has 0 aromatic heterocycles. The molecule has 1 fully saturated rings. The van der Waals surface area contributed by atoms with E-state index in [1.807, 2.05) is 12.1 Å². The molecule has 1 aromatic carbocycles. The molecule has 0 aliphatic heterocycles. The maximum atomic E-state index is 11.3. The van der Waals surface area contributed by atoms with Gasteiger partial charge in [0, 0.05) is 23.3 Å². The van der Waals surface area contributed by atoms with Crippen LogP contribution in [-0.2, 0) is 14.0 Å². The number of hydrogen-bond donors (Lipinski definition) is 0. The summed E-state index contributed by atoms with van der Waals surface area (Å²) in [5, 5.41) is 0.151. The van der Waals surface area contributed by atoms with E-state index < -0.39 is 8.32 Å². The molecular formula is C26H39ClO4Si. The highest BCUT2D eigenvalue weighted by molar-refractivity contribution is 6.74. The van der Waals surface area contributed by atoms with Crippen molar-refractivity contribution in [3.63, 3.8) is 0 Å². The topological polar surface area (TPSA) is 52.6 Å². The molecule has 4 atom stereocenters. The van der Waals surface area contributed by atoms with E-state index in [1.54, 1.807) is 0 Å². The fraction of sp³-hybridized carbons (Fsp3) is 0.615. The number of carbonyl (C=O) groups is 2. The summed E-state index contributed by atoms with van der Waals surface area (Å²) in [6.07, 6.45) is 9.04. The lowest BCUT2D eigenvalue weighted by atomic mass is 9.85. The molecule has 0 radical (unpaired) electrons. The van der Waals surface area contributed by atoms with Gasteiger partial charge in [-0.1, -0.05) is 57.2 Å². The summed E-state index contributed by atoms with van der Waals surface area (Å²) in [5.74, 6) is 0.275. The number of alkyl halides is 1. The highest BCUT2D eigenvalue weighted by Gasteiger charge is 2.48. The minimum Gasteiger partial charge on any atom is -0.469 e. The van der Waals surface area contributed by atoms with Gasteiger partial charge in [-0.15, -0.1) is 11.6 Å². The van der Waals surface area contributed by atoms with Crippen LogP contribution in [0.4, 0.5) is 0 Å². The smallest absolute Gasteiger partial charge is 0.305 e. The van der Waals surface area contributed by atoms with Crippen LogP contribution in [0.5, 0.6) is 0 Å². The Morgan fingerprint density at radius 3 is 2.41 bits per heavy atom. The van der Waals surface area contributed by atoms with E-state index in [0.29, 0.717) is 12.0 Å². The molecule has 1 aliphatic carbocycles. The molecule has 0 bridgehead atoms. The molecule has 1 saturated carbocycles. The average Bonchev–Trinajstić information content (AvgIpc) is 3.03. The highest BCUT2D eigenvalue weighted by Crippen LogP contribution is 2.49. The number of halogens is 1. The summed E-state index contributed by atoms with van der Waals surface area (Å²) in [6, 6.07) is 7.87. The molecule has 0 heterocycles. The number of ether oxygens (including phenoxy) is 1. The first-order valence-electron chi connectivity index (χ1n) is 11.6. The van der Waals surface area contributed by atoms with E-state index in [2.05, 4.69) is 58.2 Å². The lowest BCUT2D eigenvalue weighted by Crippen LogP contribution is -2.44. The average molecular weight is 479 g/mol. The molecule has 0 spiro atoms. The molecule has 6 heteroatoms. The Balaban J connectivity index is 2.18. The number of hydrogen-bond acceptors (Lipinski definition) is 4. The Labute approximate surface area is 199 Å². The van der Waals surface area contributed by atoms with Crippen LogP contribution in [-0.4, -0.2) is 39.2 Å². The van der Waals surface area contributed by atoms with E-state index in [4.69, 9.17) is 20.8 Å².